The zero-order chi connectivity index (χ0) is 31.1. The highest BCUT2D eigenvalue weighted by Gasteiger charge is 2.34. The Morgan fingerprint density at radius 3 is 2.26 bits per heavy atom. The highest BCUT2D eigenvalue weighted by atomic mass is 35.5. The zero-order valence-electron chi connectivity index (χ0n) is 24.9. The van der Waals surface area contributed by atoms with Crippen LogP contribution in [0.3, 0.4) is 0 Å². The van der Waals surface area contributed by atoms with E-state index < -0.39 is 28.5 Å². The molecule has 7 nitrogen and oxygen atoms in total. The third-order valence-electron chi connectivity index (χ3n) is 8.08. The summed E-state index contributed by atoms with van der Waals surface area (Å²) >= 11 is 12.6. The second-order valence-corrected chi connectivity index (χ2v) is 13.8. The lowest BCUT2D eigenvalue weighted by Crippen LogP contribution is -2.54. The maximum atomic E-state index is 14.3. The molecule has 1 N–H and O–H groups in total. The van der Waals surface area contributed by atoms with Gasteiger partial charge in [0.15, 0.2) is 0 Å². The summed E-state index contributed by atoms with van der Waals surface area (Å²) in [5.74, 6) is -0.772. The van der Waals surface area contributed by atoms with Gasteiger partial charge in [0.05, 0.1) is 10.6 Å². The van der Waals surface area contributed by atoms with Crippen LogP contribution in [0, 0.1) is 13.8 Å². The second kappa shape index (κ2) is 14.6. The summed E-state index contributed by atoms with van der Waals surface area (Å²) in [5.41, 5.74) is 2.86. The van der Waals surface area contributed by atoms with Crippen LogP contribution in [0.4, 0.5) is 5.69 Å². The van der Waals surface area contributed by atoms with Crippen LogP contribution in [-0.4, -0.2) is 43.8 Å². The number of hydrogen-bond acceptors (Lipinski definition) is 4. The van der Waals surface area contributed by atoms with E-state index in [4.69, 9.17) is 23.2 Å². The van der Waals surface area contributed by atoms with Crippen molar-refractivity contribution < 1.29 is 18.0 Å². The van der Waals surface area contributed by atoms with E-state index in [2.05, 4.69) is 5.32 Å². The molecule has 1 saturated carbocycles. The molecule has 1 fully saturated rings. The van der Waals surface area contributed by atoms with Gasteiger partial charge in [-0.2, -0.15) is 0 Å². The Kier molecular flexibility index (Phi) is 11.2. The van der Waals surface area contributed by atoms with Crippen molar-refractivity contribution in [3.8, 4) is 0 Å². The number of aryl methyl sites for hydroxylation is 2. The standard InChI is InChI=1S/C33H39Cl2N3O4S/c1-4-31(33(40)36-27-11-7-5-8-12-27)37(21-25-16-17-26(34)20-30(25)35)32(39)22-38(28-18-15-23(2)24(3)19-28)43(41,42)29-13-9-6-10-14-29/h6,9-10,13-20,27,31H,4-5,7-8,11-12,21-22H2,1-3H3,(H,36,40)/t31-/m0/s1. The number of amides is 2. The van der Waals surface area contributed by atoms with E-state index in [9.17, 15) is 18.0 Å². The third kappa shape index (κ3) is 8.11. The van der Waals surface area contributed by atoms with Crippen molar-refractivity contribution in [2.24, 2.45) is 0 Å². The van der Waals surface area contributed by atoms with Crippen molar-refractivity contribution in [3.05, 3.63) is 93.5 Å². The number of anilines is 1. The van der Waals surface area contributed by atoms with Gasteiger partial charge in [-0.25, -0.2) is 8.42 Å². The summed E-state index contributed by atoms with van der Waals surface area (Å²) in [6.45, 7) is 5.19. The van der Waals surface area contributed by atoms with E-state index in [0.29, 0.717) is 27.7 Å². The monoisotopic (exact) mass is 643 g/mol. The van der Waals surface area contributed by atoms with Gasteiger partial charge in [0.1, 0.15) is 12.6 Å². The fourth-order valence-electron chi connectivity index (χ4n) is 5.43. The van der Waals surface area contributed by atoms with Gasteiger partial charge >= 0.3 is 0 Å². The van der Waals surface area contributed by atoms with Crippen LogP contribution in [-0.2, 0) is 26.2 Å². The summed E-state index contributed by atoms with van der Waals surface area (Å²) in [6.07, 6.45) is 5.38. The van der Waals surface area contributed by atoms with Gasteiger partial charge in [-0.3, -0.25) is 13.9 Å². The molecule has 3 aromatic carbocycles. The first kappa shape index (κ1) is 32.8. The summed E-state index contributed by atoms with van der Waals surface area (Å²) < 4.78 is 29.2. The number of rotatable bonds is 11. The number of sulfonamides is 1. The zero-order valence-corrected chi connectivity index (χ0v) is 27.2. The molecule has 2 amide bonds. The molecule has 0 radical (unpaired) electrons. The molecular formula is C33H39Cl2N3O4S. The minimum Gasteiger partial charge on any atom is -0.352 e. The van der Waals surface area contributed by atoms with Gasteiger partial charge < -0.3 is 10.2 Å². The Hall–Kier alpha value is -3.07. The molecule has 4 rings (SSSR count). The van der Waals surface area contributed by atoms with Crippen molar-refractivity contribution >= 4 is 50.7 Å². The third-order valence-corrected chi connectivity index (χ3v) is 10.5. The maximum Gasteiger partial charge on any atom is 0.264 e. The minimum absolute atomic E-state index is 0.0115. The Balaban J connectivity index is 1.73. The molecule has 230 valence electrons. The molecule has 1 aliphatic carbocycles. The Bertz CT molecular complexity index is 1540. The number of carbonyl (C=O) groups is 2. The van der Waals surface area contributed by atoms with Gasteiger partial charge in [-0.05, 0) is 86.2 Å². The Morgan fingerprint density at radius 2 is 1.63 bits per heavy atom. The molecular weight excluding hydrogens is 605 g/mol. The Labute approximate surface area is 265 Å². The summed E-state index contributed by atoms with van der Waals surface area (Å²) in [7, 11) is -4.13. The van der Waals surface area contributed by atoms with Crippen LogP contribution in [0.2, 0.25) is 10.0 Å². The smallest absolute Gasteiger partial charge is 0.264 e. The molecule has 0 unspecified atom stereocenters. The van der Waals surface area contributed by atoms with Gasteiger partial charge in [-0.15, -0.1) is 0 Å². The second-order valence-electron chi connectivity index (χ2n) is 11.1. The summed E-state index contributed by atoms with van der Waals surface area (Å²) in [6, 6.07) is 17.5. The molecule has 0 aliphatic heterocycles. The molecule has 1 atom stereocenters. The largest absolute Gasteiger partial charge is 0.352 e. The van der Waals surface area contributed by atoms with E-state index in [1.165, 1.54) is 17.0 Å². The first-order chi connectivity index (χ1) is 20.5. The lowest BCUT2D eigenvalue weighted by molar-refractivity contribution is -0.140. The molecule has 0 heterocycles. The highest BCUT2D eigenvalue weighted by molar-refractivity contribution is 7.92. The van der Waals surface area contributed by atoms with E-state index in [1.807, 2.05) is 26.8 Å². The lowest BCUT2D eigenvalue weighted by atomic mass is 9.95. The Morgan fingerprint density at radius 1 is 0.930 bits per heavy atom. The fraction of sp³-hybridized carbons (Fsp3) is 0.394. The number of halogens is 2. The molecule has 0 spiro atoms. The van der Waals surface area contributed by atoms with Crippen LogP contribution in [0.25, 0.3) is 0 Å². The predicted octanol–water partition coefficient (Wildman–Crippen LogP) is 7.06. The molecule has 0 saturated heterocycles. The van der Waals surface area contributed by atoms with Crippen LogP contribution >= 0.6 is 23.2 Å². The number of nitrogens with zero attached hydrogens (tertiary/aromatic N) is 2. The SMILES string of the molecule is CC[C@@H](C(=O)NC1CCCCC1)N(Cc1ccc(Cl)cc1Cl)C(=O)CN(c1ccc(C)c(C)c1)S(=O)(=O)c1ccccc1. The van der Waals surface area contributed by atoms with E-state index in [0.717, 1.165) is 47.5 Å². The number of nitrogens with one attached hydrogen (secondary N) is 1. The first-order valence-corrected chi connectivity index (χ1v) is 16.9. The normalized spacial score (nSPS) is 14.6. The van der Waals surface area contributed by atoms with Crippen molar-refractivity contribution in [2.45, 2.75) is 82.8 Å². The molecule has 10 heteroatoms. The van der Waals surface area contributed by atoms with E-state index in [-0.39, 0.29) is 23.4 Å². The van der Waals surface area contributed by atoms with Crippen molar-refractivity contribution in [1.29, 1.82) is 0 Å². The highest BCUT2D eigenvalue weighted by Crippen LogP contribution is 2.28. The fourth-order valence-corrected chi connectivity index (χ4v) is 7.32. The van der Waals surface area contributed by atoms with Crippen molar-refractivity contribution in [2.75, 3.05) is 10.8 Å². The van der Waals surface area contributed by atoms with E-state index >= 15 is 0 Å². The number of hydrogen-bond donors (Lipinski definition) is 1. The van der Waals surface area contributed by atoms with Gasteiger partial charge in [0.25, 0.3) is 10.0 Å². The first-order valence-electron chi connectivity index (χ1n) is 14.7. The minimum atomic E-state index is -4.13. The summed E-state index contributed by atoms with van der Waals surface area (Å²) in [4.78, 5) is 29.5. The maximum absolute atomic E-state index is 14.3. The van der Waals surface area contributed by atoms with Crippen LogP contribution in [0.15, 0.2) is 71.6 Å². The average Bonchev–Trinajstić information content (AvgIpc) is 2.99. The van der Waals surface area contributed by atoms with Crippen molar-refractivity contribution in [1.82, 2.24) is 10.2 Å². The molecule has 0 aromatic heterocycles. The average molecular weight is 645 g/mol. The molecule has 0 bridgehead atoms. The quantitative estimate of drug-likeness (QED) is 0.242. The van der Waals surface area contributed by atoms with Gasteiger partial charge in [0.2, 0.25) is 11.8 Å². The number of carbonyl (C=O) groups excluding carboxylic acids is 2. The molecule has 3 aromatic rings. The van der Waals surface area contributed by atoms with Crippen LogP contribution in [0.5, 0.6) is 0 Å². The topological polar surface area (TPSA) is 86.8 Å². The predicted molar refractivity (Wildman–Crippen MR) is 173 cm³/mol. The molecule has 1 aliphatic rings. The van der Waals surface area contributed by atoms with Gasteiger partial charge in [0, 0.05) is 22.6 Å². The van der Waals surface area contributed by atoms with Crippen LogP contribution < -0.4 is 9.62 Å². The summed E-state index contributed by atoms with van der Waals surface area (Å²) in [5, 5.41) is 3.96. The number of benzene rings is 3. The van der Waals surface area contributed by atoms with Gasteiger partial charge in [-0.1, -0.05) is 79.7 Å². The van der Waals surface area contributed by atoms with Crippen molar-refractivity contribution in [3.63, 3.8) is 0 Å². The lowest BCUT2D eigenvalue weighted by Gasteiger charge is -2.34. The van der Waals surface area contributed by atoms with Crippen LogP contribution in [0.1, 0.15) is 62.1 Å². The molecule has 43 heavy (non-hydrogen) atoms. The van der Waals surface area contributed by atoms with E-state index in [1.54, 1.807) is 48.5 Å².